The number of aromatic nitrogens is 3. The number of carbonyl (C=O) groups excluding carboxylic acids is 1. The number of carbonyl (C=O) groups is 1. The standard InChI is InChI=1S/C14H11N3O3/c1-17-8-16-11-7-9(4-5-12(11)17)20-14(19)10-3-2-6-15-13(10)18/h2-8H,1H3,(H,15,18). The summed E-state index contributed by atoms with van der Waals surface area (Å²) >= 11 is 0. The first-order valence-corrected chi connectivity index (χ1v) is 5.96. The van der Waals surface area contributed by atoms with Crippen molar-refractivity contribution in [3.63, 3.8) is 0 Å². The molecule has 2 aromatic heterocycles. The molecule has 0 saturated heterocycles. The van der Waals surface area contributed by atoms with Crippen LogP contribution in [0.3, 0.4) is 0 Å². The second-order valence-electron chi connectivity index (χ2n) is 4.31. The SMILES string of the molecule is Cn1cnc2cc(OC(=O)c3ccc[nH]c3=O)ccc21. The number of benzene rings is 1. The highest BCUT2D eigenvalue weighted by Gasteiger charge is 2.13. The van der Waals surface area contributed by atoms with Crippen LogP contribution in [0.5, 0.6) is 5.75 Å². The molecule has 0 saturated carbocycles. The van der Waals surface area contributed by atoms with Crippen molar-refractivity contribution >= 4 is 17.0 Å². The molecule has 6 heteroatoms. The average Bonchev–Trinajstić information content (AvgIpc) is 2.80. The van der Waals surface area contributed by atoms with Crippen molar-refractivity contribution in [1.29, 1.82) is 0 Å². The third kappa shape index (κ3) is 2.07. The van der Waals surface area contributed by atoms with Gasteiger partial charge < -0.3 is 14.3 Å². The minimum atomic E-state index is -0.692. The number of H-pyrrole nitrogens is 1. The van der Waals surface area contributed by atoms with Crippen molar-refractivity contribution in [1.82, 2.24) is 14.5 Å². The van der Waals surface area contributed by atoms with E-state index in [9.17, 15) is 9.59 Å². The third-order valence-corrected chi connectivity index (χ3v) is 2.95. The molecular formula is C14H11N3O3. The molecule has 0 atom stereocenters. The maximum Gasteiger partial charge on any atom is 0.349 e. The van der Waals surface area contributed by atoms with Gasteiger partial charge in [0, 0.05) is 19.3 Å². The number of hydrogen-bond acceptors (Lipinski definition) is 4. The van der Waals surface area contributed by atoms with Gasteiger partial charge in [0.2, 0.25) is 0 Å². The molecule has 0 spiro atoms. The van der Waals surface area contributed by atoms with Crippen LogP contribution in [0, 0.1) is 0 Å². The van der Waals surface area contributed by atoms with Gasteiger partial charge in [0.1, 0.15) is 11.3 Å². The van der Waals surface area contributed by atoms with E-state index in [4.69, 9.17) is 4.74 Å². The van der Waals surface area contributed by atoms with E-state index < -0.39 is 11.5 Å². The fourth-order valence-electron chi connectivity index (χ4n) is 1.92. The molecule has 0 aliphatic heterocycles. The number of nitrogens with one attached hydrogen (secondary N) is 1. The predicted octanol–water partition coefficient (Wildman–Crippen LogP) is 1.48. The summed E-state index contributed by atoms with van der Waals surface area (Å²) in [5.41, 5.74) is 1.15. The fraction of sp³-hybridized carbons (Fsp3) is 0.0714. The number of nitrogens with zero attached hydrogens (tertiary/aromatic N) is 2. The van der Waals surface area contributed by atoms with Crippen LogP contribution in [0.4, 0.5) is 0 Å². The molecule has 0 aliphatic carbocycles. The molecule has 3 aromatic rings. The van der Waals surface area contributed by atoms with Gasteiger partial charge in [-0.05, 0) is 24.3 Å². The zero-order chi connectivity index (χ0) is 14.1. The van der Waals surface area contributed by atoms with Gasteiger partial charge in [0.25, 0.3) is 5.56 Å². The third-order valence-electron chi connectivity index (χ3n) is 2.95. The molecule has 0 aliphatic rings. The molecule has 0 fully saturated rings. The largest absolute Gasteiger partial charge is 0.423 e. The van der Waals surface area contributed by atoms with Crippen LogP contribution < -0.4 is 10.3 Å². The lowest BCUT2D eigenvalue weighted by Gasteiger charge is -2.03. The van der Waals surface area contributed by atoms with E-state index in [1.807, 2.05) is 11.6 Å². The quantitative estimate of drug-likeness (QED) is 0.564. The Morgan fingerprint density at radius 2 is 2.20 bits per heavy atom. The molecule has 3 rings (SSSR count). The van der Waals surface area contributed by atoms with Gasteiger partial charge >= 0.3 is 5.97 Å². The van der Waals surface area contributed by atoms with E-state index in [2.05, 4.69) is 9.97 Å². The molecule has 20 heavy (non-hydrogen) atoms. The Bertz CT molecular complexity index is 848. The summed E-state index contributed by atoms with van der Waals surface area (Å²) in [6.45, 7) is 0. The van der Waals surface area contributed by atoms with Gasteiger partial charge in [0.05, 0.1) is 17.4 Å². The molecular weight excluding hydrogens is 258 g/mol. The minimum Gasteiger partial charge on any atom is -0.423 e. The molecule has 0 amide bonds. The molecule has 6 nitrogen and oxygen atoms in total. The van der Waals surface area contributed by atoms with Crippen LogP contribution >= 0.6 is 0 Å². The number of fused-ring (bicyclic) bond motifs is 1. The predicted molar refractivity (Wildman–Crippen MR) is 72.7 cm³/mol. The van der Waals surface area contributed by atoms with Crippen LogP contribution in [-0.2, 0) is 7.05 Å². The molecule has 0 radical (unpaired) electrons. The van der Waals surface area contributed by atoms with Crippen molar-refractivity contribution in [2.45, 2.75) is 0 Å². The zero-order valence-corrected chi connectivity index (χ0v) is 10.7. The highest BCUT2D eigenvalue weighted by atomic mass is 16.5. The van der Waals surface area contributed by atoms with E-state index >= 15 is 0 Å². The second kappa shape index (κ2) is 4.65. The average molecular weight is 269 g/mol. The lowest BCUT2D eigenvalue weighted by molar-refractivity contribution is 0.0733. The summed E-state index contributed by atoms with van der Waals surface area (Å²) in [5, 5.41) is 0. The van der Waals surface area contributed by atoms with E-state index in [1.165, 1.54) is 12.3 Å². The Hall–Kier alpha value is -2.89. The molecule has 2 heterocycles. The lowest BCUT2D eigenvalue weighted by atomic mass is 10.2. The Kier molecular flexibility index (Phi) is 2.83. The topological polar surface area (TPSA) is 77.0 Å². The van der Waals surface area contributed by atoms with E-state index in [-0.39, 0.29) is 5.56 Å². The van der Waals surface area contributed by atoms with Crippen molar-refractivity contribution in [3.05, 3.63) is 58.8 Å². The zero-order valence-electron chi connectivity index (χ0n) is 10.7. The van der Waals surface area contributed by atoms with Crippen molar-refractivity contribution < 1.29 is 9.53 Å². The Labute approximate surface area is 113 Å². The minimum absolute atomic E-state index is 0.0337. The molecule has 1 aromatic carbocycles. The summed E-state index contributed by atoms with van der Waals surface area (Å²) in [7, 11) is 1.88. The van der Waals surface area contributed by atoms with E-state index in [1.54, 1.807) is 30.6 Å². The molecule has 100 valence electrons. The van der Waals surface area contributed by atoms with Crippen LogP contribution in [0.2, 0.25) is 0 Å². The molecule has 0 bridgehead atoms. The number of aromatic amines is 1. The Balaban J connectivity index is 1.91. The lowest BCUT2D eigenvalue weighted by Crippen LogP contribution is -2.20. The number of hydrogen-bond donors (Lipinski definition) is 1. The highest BCUT2D eigenvalue weighted by molar-refractivity contribution is 5.91. The van der Waals surface area contributed by atoms with Crippen molar-refractivity contribution in [2.75, 3.05) is 0 Å². The number of pyridine rings is 1. The van der Waals surface area contributed by atoms with Gasteiger partial charge in [-0.2, -0.15) is 0 Å². The van der Waals surface area contributed by atoms with E-state index in [0.717, 1.165) is 11.0 Å². The van der Waals surface area contributed by atoms with Gasteiger partial charge in [-0.15, -0.1) is 0 Å². The fourth-order valence-corrected chi connectivity index (χ4v) is 1.92. The van der Waals surface area contributed by atoms with Crippen LogP contribution in [0.1, 0.15) is 10.4 Å². The normalized spacial score (nSPS) is 10.7. The maximum atomic E-state index is 11.9. The first-order valence-electron chi connectivity index (χ1n) is 5.96. The van der Waals surface area contributed by atoms with Crippen LogP contribution in [0.15, 0.2) is 47.7 Å². The summed E-state index contributed by atoms with van der Waals surface area (Å²) in [6, 6.07) is 8.12. The number of rotatable bonds is 2. The van der Waals surface area contributed by atoms with E-state index in [0.29, 0.717) is 5.75 Å². The Morgan fingerprint density at radius 3 is 3.00 bits per heavy atom. The molecule has 0 unspecified atom stereocenters. The van der Waals surface area contributed by atoms with Crippen LogP contribution in [-0.4, -0.2) is 20.5 Å². The summed E-state index contributed by atoms with van der Waals surface area (Å²) < 4.78 is 7.05. The first-order chi connectivity index (χ1) is 9.65. The van der Waals surface area contributed by atoms with Gasteiger partial charge in [0.15, 0.2) is 0 Å². The highest BCUT2D eigenvalue weighted by Crippen LogP contribution is 2.19. The number of esters is 1. The molecule has 1 N–H and O–H groups in total. The summed E-state index contributed by atoms with van der Waals surface area (Å²) in [4.78, 5) is 30.0. The van der Waals surface area contributed by atoms with Gasteiger partial charge in [-0.3, -0.25) is 4.79 Å². The summed E-state index contributed by atoms with van der Waals surface area (Å²) in [6.07, 6.45) is 3.14. The van der Waals surface area contributed by atoms with Gasteiger partial charge in [-0.25, -0.2) is 9.78 Å². The number of imidazole rings is 1. The maximum absolute atomic E-state index is 11.9. The Morgan fingerprint density at radius 1 is 1.35 bits per heavy atom. The van der Waals surface area contributed by atoms with Crippen molar-refractivity contribution in [3.8, 4) is 5.75 Å². The van der Waals surface area contributed by atoms with Gasteiger partial charge in [-0.1, -0.05) is 0 Å². The number of aryl methyl sites for hydroxylation is 1. The second-order valence-corrected chi connectivity index (χ2v) is 4.31. The van der Waals surface area contributed by atoms with Crippen LogP contribution in [0.25, 0.3) is 11.0 Å². The summed E-state index contributed by atoms with van der Waals surface area (Å²) in [5.74, 6) is -0.341. The van der Waals surface area contributed by atoms with Crippen molar-refractivity contribution in [2.24, 2.45) is 7.05 Å². The number of ether oxygens (including phenoxy) is 1. The monoisotopic (exact) mass is 269 g/mol. The smallest absolute Gasteiger partial charge is 0.349 e. The first kappa shape index (κ1) is 12.2.